The molecule has 0 amide bonds. The number of rotatable bonds is 3. The molecule has 0 atom stereocenters. The predicted molar refractivity (Wildman–Crippen MR) is 93.7 cm³/mol. The summed E-state index contributed by atoms with van der Waals surface area (Å²) in [6.45, 7) is 2.18. The number of phenols is 1. The Balaban J connectivity index is 2.00. The molecule has 0 aliphatic carbocycles. The van der Waals surface area contributed by atoms with Gasteiger partial charge in [0.2, 0.25) is 0 Å². The van der Waals surface area contributed by atoms with Gasteiger partial charge in [0.25, 0.3) is 0 Å². The van der Waals surface area contributed by atoms with Crippen LogP contribution < -0.4 is 4.74 Å². The van der Waals surface area contributed by atoms with Crippen molar-refractivity contribution in [2.24, 2.45) is 0 Å². The molecular weight excluding hydrogens is 351 g/mol. The van der Waals surface area contributed by atoms with Gasteiger partial charge in [0.15, 0.2) is 17.3 Å². The van der Waals surface area contributed by atoms with E-state index in [0.717, 1.165) is 0 Å². The number of benzene rings is 2. The monoisotopic (exact) mass is 364 g/mol. The van der Waals surface area contributed by atoms with Crippen molar-refractivity contribution in [3.63, 3.8) is 0 Å². The van der Waals surface area contributed by atoms with E-state index in [4.69, 9.17) is 16.3 Å². The zero-order valence-corrected chi connectivity index (χ0v) is 14.4. The van der Waals surface area contributed by atoms with E-state index in [1.807, 2.05) is 0 Å². The number of Topliss-reactive ketones (excluding diaryl/α,β-unsaturated/α-hetero) is 1. The van der Waals surface area contributed by atoms with Gasteiger partial charge in [0, 0.05) is 16.9 Å². The molecule has 0 fully saturated rings. The minimum Gasteiger partial charge on any atom is -0.503 e. The molecule has 1 N–H and O–H groups in total. The van der Waals surface area contributed by atoms with Gasteiger partial charge >= 0.3 is 0 Å². The number of halogens is 2. The maximum atomic E-state index is 13.8. The van der Waals surface area contributed by atoms with Crippen molar-refractivity contribution >= 4 is 35.2 Å². The van der Waals surface area contributed by atoms with Crippen LogP contribution in [0.1, 0.15) is 22.8 Å². The van der Waals surface area contributed by atoms with Crippen molar-refractivity contribution in [1.82, 2.24) is 0 Å². The van der Waals surface area contributed by atoms with Crippen molar-refractivity contribution in [1.29, 1.82) is 0 Å². The van der Waals surface area contributed by atoms with Gasteiger partial charge in [-0.25, -0.2) is 4.39 Å². The van der Waals surface area contributed by atoms with Crippen molar-refractivity contribution in [3.05, 3.63) is 57.9 Å². The second-order valence-corrected chi connectivity index (χ2v) is 6.58. The van der Waals surface area contributed by atoms with E-state index < -0.39 is 0 Å². The number of carbonyl (C=O) groups is 1. The van der Waals surface area contributed by atoms with Crippen molar-refractivity contribution in [3.8, 4) is 11.5 Å². The Labute approximate surface area is 148 Å². The first-order valence-electron chi connectivity index (χ1n) is 7.33. The molecule has 3 rings (SSSR count). The molecule has 6 heteroatoms. The average Bonchev–Trinajstić information content (AvgIpc) is 2.55. The number of ketones is 1. The highest BCUT2D eigenvalue weighted by atomic mass is 35.5. The van der Waals surface area contributed by atoms with Gasteiger partial charge in [-0.2, -0.15) is 0 Å². The third kappa shape index (κ3) is 3.14. The Kier molecular flexibility index (Phi) is 4.83. The number of carbonyl (C=O) groups excluding carboxylic acids is 1. The number of hydrogen-bond donors (Lipinski definition) is 1. The Morgan fingerprint density at radius 1 is 1.42 bits per heavy atom. The second-order valence-electron chi connectivity index (χ2n) is 5.19. The van der Waals surface area contributed by atoms with Gasteiger partial charge in [-0.1, -0.05) is 17.7 Å². The largest absolute Gasteiger partial charge is 0.503 e. The molecule has 2 aromatic carbocycles. The van der Waals surface area contributed by atoms with Gasteiger partial charge in [0.05, 0.1) is 16.5 Å². The van der Waals surface area contributed by atoms with Crippen molar-refractivity contribution in [2.45, 2.75) is 11.8 Å². The first-order chi connectivity index (χ1) is 11.5. The van der Waals surface area contributed by atoms with Crippen LogP contribution in [0.4, 0.5) is 4.39 Å². The summed E-state index contributed by atoms with van der Waals surface area (Å²) >= 11 is 7.30. The van der Waals surface area contributed by atoms with Crippen LogP contribution in [0, 0.1) is 5.82 Å². The standard InChI is InChI=1S/C18H14ClFO3S/c1-2-23-15-8-10(7-13(19)17(15)22)6-11-9-24-18-12(16(11)21)4-3-5-14(18)20/h3-8,22H,2,9H2,1H3. The summed E-state index contributed by atoms with van der Waals surface area (Å²) in [6, 6.07) is 7.68. The lowest BCUT2D eigenvalue weighted by atomic mass is 10.0. The van der Waals surface area contributed by atoms with Gasteiger partial charge in [-0.15, -0.1) is 11.8 Å². The van der Waals surface area contributed by atoms with Crippen LogP contribution in [0.15, 0.2) is 40.8 Å². The Morgan fingerprint density at radius 3 is 2.96 bits per heavy atom. The molecule has 0 radical (unpaired) electrons. The lowest BCUT2D eigenvalue weighted by Gasteiger charge is -2.17. The van der Waals surface area contributed by atoms with Crippen LogP contribution >= 0.6 is 23.4 Å². The molecule has 0 bridgehead atoms. The molecule has 0 spiro atoms. The number of ether oxygens (including phenoxy) is 1. The minimum atomic E-state index is -0.379. The summed E-state index contributed by atoms with van der Waals surface area (Å²) in [5.41, 5.74) is 1.56. The van der Waals surface area contributed by atoms with Gasteiger partial charge in [-0.05, 0) is 42.8 Å². The van der Waals surface area contributed by atoms with Crippen LogP contribution in [0.25, 0.3) is 6.08 Å². The van der Waals surface area contributed by atoms with Gasteiger partial charge in [0.1, 0.15) is 5.82 Å². The smallest absolute Gasteiger partial charge is 0.191 e. The fourth-order valence-electron chi connectivity index (χ4n) is 2.47. The molecule has 3 nitrogen and oxygen atoms in total. The van der Waals surface area contributed by atoms with E-state index in [1.165, 1.54) is 23.9 Å². The molecule has 0 saturated heterocycles. The highest BCUT2D eigenvalue weighted by Crippen LogP contribution is 2.38. The van der Waals surface area contributed by atoms with E-state index in [0.29, 0.717) is 34.0 Å². The fourth-order valence-corrected chi connectivity index (χ4v) is 3.73. The van der Waals surface area contributed by atoms with Crippen molar-refractivity contribution < 1.29 is 19.0 Å². The average molecular weight is 365 g/mol. The van der Waals surface area contributed by atoms with Crippen LogP contribution in [0.2, 0.25) is 5.02 Å². The summed E-state index contributed by atoms with van der Waals surface area (Å²) in [5.74, 6) is -0.0758. The summed E-state index contributed by atoms with van der Waals surface area (Å²) in [6.07, 6.45) is 1.69. The lowest BCUT2D eigenvalue weighted by Crippen LogP contribution is -2.13. The van der Waals surface area contributed by atoms with E-state index in [2.05, 4.69) is 0 Å². The fraction of sp³-hybridized carbons (Fsp3) is 0.167. The van der Waals surface area contributed by atoms with E-state index in [-0.39, 0.29) is 28.1 Å². The Bertz CT molecular complexity index is 848. The maximum Gasteiger partial charge on any atom is 0.191 e. The quantitative estimate of drug-likeness (QED) is 0.782. The zero-order chi connectivity index (χ0) is 17.3. The number of fused-ring (bicyclic) bond motifs is 1. The number of thioether (sulfide) groups is 1. The summed E-state index contributed by atoms with van der Waals surface area (Å²) in [7, 11) is 0. The third-order valence-electron chi connectivity index (χ3n) is 3.57. The molecule has 1 aliphatic rings. The molecular formula is C18H14ClFO3S. The van der Waals surface area contributed by atoms with E-state index in [9.17, 15) is 14.3 Å². The summed E-state index contributed by atoms with van der Waals surface area (Å²) in [5, 5.41) is 10.0. The summed E-state index contributed by atoms with van der Waals surface area (Å²) in [4.78, 5) is 13.0. The Hall–Kier alpha value is -1.98. The molecule has 24 heavy (non-hydrogen) atoms. The summed E-state index contributed by atoms with van der Waals surface area (Å²) < 4.78 is 19.1. The Morgan fingerprint density at radius 2 is 2.21 bits per heavy atom. The molecule has 1 heterocycles. The number of phenolic OH excluding ortho intramolecular Hbond substituents is 1. The first kappa shape index (κ1) is 16.9. The van der Waals surface area contributed by atoms with E-state index in [1.54, 1.807) is 31.2 Å². The minimum absolute atomic E-state index is 0.127. The zero-order valence-electron chi connectivity index (χ0n) is 12.8. The predicted octanol–water partition coefficient (Wildman–Crippen LogP) is 4.96. The van der Waals surface area contributed by atoms with Crippen LogP contribution in [0.5, 0.6) is 11.5 Å². The van der Waals surface area contributed by atoms with Crippen LogP contribution in [-0.4, -0.2) is 23.2 Å². The molecule has 0 saturated carbocycles. The number of hydrogen-bond acceptors (Lipinski definition) is 4. The molecule has 1 aliphatic heterocycles. The van der Waals surface area contributed by atoms with E-state index >= 15 is 0 Å². The molecule has 0 aromatic heterocycles. The molecule has 2 aromatic rings. The maximum absolute atomic E-state index is 13.8. The lowest BCUT2D eigenvalue weighted by molar-refractivity contribution is 0.103. The molecule has 124 valence electrons. The second kappa shape index (κ2) is 6.87. The third-order valence-corrected chi connectivity index (χ3v) is 5.01. The van der Waals surface area contributed by atoms with Gasteiger partial charge < -0.3 is 9.84 Å². The van der Waals surface area contributed by atoms with Crippen molar-refractivity contribution in [2.75, 3.05) is 12.4 Å². The molecule has 0 unspecified atom stereocenters. The normalized spacial score (nSPS) is 15.5. The first-order valence-corrected chi connectivity index (χ1v) is 8.69. The van der Waals surface area contributed by atoms with Crippen LogP contribution in [-0.2, 0) is 0 Å². The SMILES string of the molecule is CCOc1cc(C=C2CSc3c(F)cccc3C2=O)cc(Cl)c1O. The number of aromatic hydroxyl groups is 1. The topological polar surface area (TPSA) is 46.5 Å². The van der Waals surface area contributed by atoms with Crippen LogP contribution in [0.3, 0.4) is 0 Å². The highest BCUT2D eigenvalue weighted by Gasteiger charge is 2.25. The highest BCUT2D eigenvalue weighted by molar-refractivity contribution is 7.99. The van der Waals surface area contributed by atoms with Gasteiger partial charge in [-0.3, -0.25) is 4.79 Å².